The second-order valence-corrected chi connectivity index (χ2v) is 5.07. The van der Waals surface area contributed by atoms with E-state index in [0.29, 0.717) is 13.0 Å². The molecule has 0 bridgehead atoms. The largest absolute Gasteiger partial charge is 0.550 e. The predicted octanol–water partition coefficient (Wildman–Crippen LogP) is 0.779. The smallest absolute Gasteiger partial charge is 0.229 e. The van der Waals surface area contributed by atoms with Crippen molar-refractivity contribution in [1.82, 2.24) is 4.90 Å². The molecule has 1 saturated heterocycles. The van der Waals surface area contributed by atoms with Crippen LogP contribution in [0.5, 0.6) is 0 Å². The normalized spacial score (nSPS) is 20.9. The Morgan fingerprint density at radius 2 is 2.00 bits per heavy atom. The highest BCUT2D eigenvalue weighted by Gasteiger charge is 2.27. The number of nitrogens with zero attached hydrogens (tertiary/aromatic N) is 1. The van der Waals surface area contributed by atoms with Gasteiger partial charge in [-0.2, -0.15) is 0 Å². The van der Waals surface area contributed by atoms with E-state index < -0.39 is 11.9 Å². The van der Waals surface area contributed by atoms with Crippen molar-refractivity contribution in [3.8, 4) is 0 Å². The van der Waals surface area contributed by atoms with Gasteiger partial charge in [0.15, 0.2) is 0 Å². The molecule has 0 aromatic heterocycles. The van der Waals surface area contributed by atoms with Gasteiger partial charge in [-0.3, -0.25) is 4.79 Å². The molecule has 0 N–H and O–H groups in total. The van der Waals surface area contributed by atoms with Crippen LogP contribution in [-0.4, -0.2) is 29.9 Å². The van der Waals surface area contributed by atoms with Gasteiger partial charge in [-0.25, -0.2) is 0 Å². The summed E-state index contributed by atoms with van der Waals surface area (Å²) < 4.78 is 0. The van der Waals surface area contributed by atoms with Crippen LogP contribution in [0.25, 0.3) is 0 Å². The molecule has 0 spiro atoms. The lowest BCUT2D eigenvalue weighted by Gasteiger charge is -2.34. The molecule has 1 heterocycles. The Kier molecular flexibility index (Phi) is 4.20. The van der Waals surface area contributed by atoms with Crippen molar-refractivity contribution in [2.75, 3.05) is 13.1 Å². The van der Waals surface area contributed by atoms with Gasteiger partial charge in [0, 0.05) is 25.0 Å². The van der Waals surface area contributed by atoms with E-state index in [1.54, 1.807) is 4.90 Å². The summed E-state index contributed by atoms with van der Waals surface area (Å²) in [5.74, 6) is -1.82. The Morgan fingerprint density at radius 1 is 1.32 bits per heavy atom. The van der Waals surface area contributed by atoms with Crippen LogP contribution in [0.15, 0.2) is 30.3 Å². The minimum absolute atomic E-state index is 0.00264. The number of rotatable bonds is 3. The van der Waals surface area contributed by atoms with Gasteiger partial charge < -0.3 is 14.8 Å². The van der Waals surface area contributed by atoms with Gasteiger partial charge in [0.25, 0.3) is 0 Å². The van der Waals surface area contributed by atoms with Gasteiger partial charge in [-0.1, -0.05) is 30.3 Å². The number of piperidine rings is 1. The fraction of sp³-hybridized carbons (Fsp3) is 0.467. The second kappa shape index (κ2) is 5.87. The first-order valence-electron chi connectivity index (χ1n) is 6.64. The Hall–Kier alpha value is -1.84. The molecule has 1 fully saturated rings. The molecule has 4 heteroatoms. The summed E-state index contributed by atoms with van der Waals surface area (Å²) in [6.45, 7) is 2.78. The summed E-state index contributed by atoms with van der Waals surface area (Å²) in [6.07, 6.45) is 1.33. The molecule has 19 heavy (non-hydrogen) atoms. The number of benzene rings is 1. The van der Waals surface area contributed by atoms with Crippen LogP contribution < -0.4 is 5.11 Å². The lowest BCUT2D eigenvalue weighted by molar-refractivity contribution is -0.312. The van der Waals surface area contributed by atoms with E-state index in [0.717, 1.165) is 12.0 Å². The zero-order valence-electron chi connectivity index (χ0n) is 11.0. The van der Waals surface area contributed by atoms with Gasteiger partial charge in [-0.15, -0.1) is 0 Å². The van der Waals surface area contributed by atoms with Gasteiger partial charge in [0.2, 0.25) is 5.91 Å². The van der Waals surface area contributed by atoms with E-state index in [-0.39, 0.29) is 18.4 Å². The van der Waals surface area contributed by atoms with Crippen LogP contribution >= 0.6 is 0 Å². The SMILES string of the molecule is CC(C(=O)N1CCCC(C(=O)[O-])C1)c1ccccc1. The molecular formula is C15H18NO3-. The average molecular weight is 260 g/mol. The van der Waals surface area contributed by atoms with Gasteiger partial charge >= 0.3 is 0 Å². The number of hydrogen-bond acceptors (Lipinski definition) is 3. The highest BCUT2D eigenvalue weighted by atomic mass is 16.4. The number of likely N-dealkylation sites (tertiary alicyclic amines) is 1. The Morgan fingerprint density at radius 3 is 2.63 bits per heavy atom. The molecule has 2 atom stereocenters. The first-order chi connectivity index (χ1) is 9.09. The third-order valence-corrected chi connectivity index (χ3v) is 3.74. The maximum atomic E-state index is 12.4. The van der Waals surface area contributed by atoms with Crippen LogP contribution in [-0.2, 0) is 9.59 Å². The molecule has 0 radical (unpaired) electrons. The summed E-state index contributed by atoms with van der Waals surface area (Å²) in [5.41, 5.74) is 0.961. The van der Waals surface area contributed by atoms with Crippen LogP contribution in [0, 0.1) is 5.92 Å². The van der Waals surface area contributed by atoms with Crippen LogP contribution in [0.2, 0.25) is 0 Å². The molecule has 1 aromatic carbocycles. The van der Waals surface area contributed by atoms with E-state index in [1.807, 2.05) is 37.3 Å². The third-order valence-electron chi connectivity index (χ3n) is 3.74. The maximum absolute atomic E-state index is 12.4. The third kappa shape index (κ3) is 3.13. The van der Waals surface area contributed by atoms with Crippen molar-refractivity contribution in [3.05, 3.63) is 35.9 Å². The average Bonchev–Trinajstić information content (AvgIpc) is 2.46. The summed E-state index contributed by atoms with van der Waals surface area (Å²) >= 11 is 0. The van der Waals surface area contributed by atoms with Crippen molar-refractivity contribution >= 4 is 11.9 Å². The zero-order chi connectivity index (χ0) is 13.8. The Labute approximate surface area is 113 Å². The number of aliphatic carboxylic acids is 1. The fourth-order valence-electron chi connectivity index (χ4n) is 2.53. The number of hydrogen-bond donors (Lipinski definition) is 0. The molecule has 4 nitrogen and oxygen atoms in total. The number of amides is 1. The molecular weight excluding hydrogens is 242 g/mol. The monoisotopic (exact) mass is 260 g/mol. The van der Waals surface area contributed by atoms with Crippen LogP contribution in [0.4, 0.5) is 0 Å². The number of carboxylic acid groups (broad SMARTS) is 1. The molecule has 2 unspecified atom stereocenters. The van der Waals surface area contributed by atoms with Crippen molar-refractivity contribution in [2.45, 2.75) is 25.7 Å². The highest BCUT2D eigenvalue weighted by molar-refractivity contribution is 5.84. The van der Waals surface area contributed by atoms with Crippen LogP contribution in [0.3, 0.4) is 0 Å². The molecule has 1 aromatic rings. The lowest BCUT2D eigenvalue weighted by atomic mass is 9.94. The molecule has 1 aliphatic heterocycles. The van der Waals surface area contributed by atoms with Crippen LogP contribution in [0.1, 0.15) is 31.2 Å². The van der Waals surface area contributed by atoms with E-state index in [1.165, 1.54) is 0 Å². The summed E-state index contributed by atoms with van der Waals surface area (Å²) in [4.78, 5) is 24.9. The second-order valence-electron chi connectivity index (χ2n) is 5.07. The minimum atomic E-state index is -1.05. The number of carboxylic acids is 1. The van der Waals surface area contributed by atoms with E-state index in [2.05, 4.69) is 0 Å². The van der Waals surface area contributed by atoms with E-state index in [9.17, 15) is 14.7 Å². The first kappa shape index (κ1) is 13.6. The Balaban J connectivity index is 2.05. The summed E-state index contributed by atoms with van der Waals surface area (Å²) in [7, 11) is 0. The molecule has 1 amide bonds. The summed E-state index contributed by atoms with van der Waals surface area (Å²) in [5, 5.41) is 10.9. The Bertz CT molecular complexity index is 458. The van der Waals surface area contributed by atoms with E-state index >= 15 is 0 Å². The number of carbonyl (C=O) groups is 2. The molecule has 2 rings (SSSR count). The van der Waals surface area contributed by atoms with E-state index in [4.69, 9.17) is 0 Å². The maximum Gasteiger partial charge on any atom is 0.229 e. The molecule has 0 aliphatic carbocycles. The van der Waals surface area contributed by atoms with Crippen molar-refractivity contribution < 1.29 is 14.7 Å². The molecule has 1 aliphatic rings. The zero-order valence-corrected chi connectivity index (χ0v) is 11.0. The van der Waals surface area contributed by atoms with Crippen molar-refractivity contribution in [3.63, 3.8) is 0 Å². The topological polar surface area (TPSA) is 60.4 Å². The standard InChI is InChI=1S/C15H19NO3/c1-11(12-6-3-2-4-7-12)14(17)16-9-5-8-13(10-16)15(18)19/h2-4,6-7,11,13H,5,8-10H2,1H3,(H,18,19)/p-1. The van der Waals surface area contributed by atoms with Crippen molar-refractivity contribution in [2.24, 2.45) is 5.92 Å². The minimum Gasteiger partial charge on any atom is -0.550 e. The highest BCUT2D eigenvalue weighted by Crippen LogP contribution is 2.22. The van der Waals surface area contributed by atoms with Crippen molar-refractivity contribution in [1.29, 1.82) is 0 Å². The molecule has 0 saturated carbocycles. The number of carbonyl (C=O) groups excluding carboxylic acids is 2. The lowest BCUT2D eigenvalue weighted by Crippen LogP contribution is -2.47. The van der Waals surface area contributed by atoms with Gasteiger partial charge in [0.05, 0.1) is 5.92 Å². The fourth-order valence-corrected chi connectivity index (χ4v) is 2.53. The van der Waals surface area contributed by atoms with Gasteiger partial charge in [0.1, 0.15) is 0 Å². The van der Waals surface area contributed by atoms with Gasteiger partial charge in [-0.05, 0) is 25.3 Å². The predicted molar refractivity (Wildman–Crippen MR) is 69.2 cm³/mol. The summed E-state index contributed by atoms with van der Waals surface area (Å²) in [6, 6.07) is 9.55. The quantitative estimate of drug-likeness (QED) is 0.807. The molecule has 102 valence electrons. The first-order valence-corrected chi connectivity index (χ1v) is 6.64.